The highest BCUT2D eigenvalue weighted by Gasteiger charge is 2.01. The van der Waals surface area contributed by atoms with E-state index in [4.69, 9.17) is 9.47 Å². The standard InChI is InChI=1S/C14H28O3/c1-3-4-5-6-8-11-14(15)17-13-10-7-9-12-16-2/h3-13H2,1-2H3. The zero-order valence-electron chi connectivity index (χ0n) is 11.5. The Labute approximate surface area is 106 Å². The fraction of sp³-hybridized carbons (Fsp3) is 0.929. The molecule has 0 N–H and O–H groups in total. The third kappa shape index (κ3) is 13.4. The van der Waals surface area contributed by atoms with Gasteiger partial charge in [-0.15, -0.1) is 0 Å². The van der Waals surface area contributed by atoms with Gasteiger partial charge in [0.15, 0.2) is 0 Å². The smallest absolute Gasteiger partial charge is 0.305 e. The Hall–Kier alpha value is -0.570. The highest BCUT2D eigenvalue weighted by atomic mass is 16.5. The van der Waals surface area contributed by atoms with E-state index in [-0.39, 0.29) is 5.97 Å². The molecule has 0 aliphatic rings. The molecule has 3 heteroatoms. The van der Waals surface area contributed by atoms with Gasteiger partial charge >= 0.3 is 5.97 Å². The van der Waals surface area contributed by atoms with Crippen LogP contribution in [0, 0.1) is 0 Å². The number of methoxy groups -OCH3 is 1. The Balaban J connectivity index is 3.12. The molecule has 0 aliphatic heterocycles. The van der Waals surface area contributed by atoms with Crippen molar-refractivity contribution in [3.8, 4) is 0 Å². The molecule has 0 aromatic rings. The summed E-state index contributed by atoms with van der Waals surface area (Å²) in [5.41, 5.74) is 0. The lowest BCUT2D eigenvalue weighted by Gasteiger charge is -2.04. The summed E-state index contributed by atoms with van der Waals surface area (Å²) >= 11 is 0. The number of hydrogen-bond acceptors (Lipinski definition) is 3. The van der Waals surface area contributed by atoms with E-state index in [0.29, 0.717) is 13.0 Å². The first-order valence-electron chi connectivity index (χ1n) is 6.95. The maximum Gasteiger partial charge on any atom is 0.305 e. The van der Waals surface area contributed by atoms with E-state index in [0.717, 1.165) is 38.7 Å². The van der Waals surface area contributed by atoms with Crippen molar-refractivity contribution in [3.05, 3.63) is 0 Å². The number of carbonyl (C=O) groups excluding carboxylic acids is 1. The molecule has 102 valence electrons. The molecule has 0 aromatic carbocycles. The summed E-state index contributed by atoms with van der Waals surface area (Å²) in [6, 6.07) is 0. The second-order valence-electron chi connectivity index (χ2n) is 4.44. The third-order valence-electron chi connectivity index (χ3n) is 2.74. The van der Waals surface area contributed by atoms with Gasteiger partial charge in [0.05, 0.1) is 6.61 Å². The quantitative estimate of drug-likeness (QED) is 0.388. The monoisotopic (exact) mass is 244 g/mol. The molecule has 17 heavy (non-hydrogen) atoms. The van der Waals surface area contributed by atoms with E-state index in [1.54, 1.807) is 7.11 Å². The number of unbranched alkanes of at least 4 members (excludes halogenated alkanes) is 6. The fourth-order valence-corrected chi connectivity index (χ4v) is 1.66. The van der Waals surface area contributed by atoms with Gasteiger partial charge in [-0.2, -0.15) is 0 Å². The van der Waals surface area contributed by atoms with Crippen LogP contribution in [-0.2, 0) is 14.3 Å². The molecule has 0 heterocycles. The van der Waals surface area contributed by atoms with Gasteiger partial charge in [0.2, 0.25) is 0 Å². The molecular weight excluding hydrogens is 216 g/mol. The lowest BCUT2D eigenvalue weighted by molar-refractivity contribution is -0.143. The molecule has 0 amide bonds. The van der Waals surface area contributed by atoms with Gasteiger partial charge in [-0.05, 0) is 25.7 Å². The second-order valence-corrected chi connectivity index (χ2v) is 4.44. The summed E-state index contributed by atoms with van der Waals surface area (Å²) in [5, 5.41) is 0. The van der Waals surface area contributed by atoms with E-state index < -0.39 is 0 Å². The SMILES string of the molecule is CCCCCCCC(=O)OCCCCCOC. The van der Waals surface area contributed by atoms with E-state index in [1.807, 2.05) is 0 Å². The van der Waals surface area contributed by atoms with E-state index in [2.05, 4.69) is 6.92 Å². The number of esters is 1. The molecule has 3 nitrogen and oxygen atoms in total. The number of ether oxygens (including phenoxy) is 2. The molecule has 0 rings (SSSR count). The maximum atomic E-state index is 11.3. The second kappa shape index (κ2) is 13.5. The van der Waals surface area contributed by atoms with Crippen LogP contribution in [0.4, 0.5) is 0 Å². The molecule has 0 spiro atoms. The van der Waals surface area contributed by atoms with Gasteiger partial charge in [0, 0.05) is 20.1 Å². The van der Waals surface area contributed by atoms with Crippen molar-refractivity contribution in [1.29, 1.82) is 0 Å². The molecule has 0 unspecified atom stereocenters. The van der Waals surface area contributed by atoms with Gasteiger partial charge < -0.3 is 9.47 Å². The highest BCUT2D eigenvalue weighted by Crippen LogP contribution is 2.06. The Morgan fingerprint density at radius 3 is 2.24 bits per heavy atom. The molecule has 0 aromatic heterocycles. The summed E-state index contributed by atoms with van der Waals surface area (Å²) in [6.07, 6.45) is 9.52. The largest absolute Gasteiger partial charge is 0.466 e. The highest BCUT2D eigenvalue weighted by molar-refractivity contribution is 5.69. The molecule has 0 atom stereocenters. The summed E-state index contributed by atoms with van der Waals surface area (Å²) < 4.78 is 10.1. The zero-order valence-corrected chi connectivity index (χ0v) is 11.5. The predicted molar refractivity (Wildman–Crippen MR) is 70.1 cm³/mol. The lowest BCUT2D eigenvalue weighted by atomic mass is 10.1. The van der Waals surface area contributed by atoms with Gasteiger partial charge in [0.25, 0.3) is 0 Å². The van der Waals surface area contributed by atoms with Crippen molar-refractivity contribution in [2.45, 2.75) is 64.7 Å². The Morgan fingerprint density at radius 1 is 0.882 bits per heavy atom. The number of carbonyl (C=O) groups is 1. The molecule has 0 fully saturated rings. The van der Waals surface area contributed by atoms with E-state index >= 15 is 0 Å². The van der Waals surface area contributed by atoms with Gasteiger partial charge in [0.1, 0.15) is 0 Å². The minimum atomic E-state index is -0.0340. The summed E-state index contributed by atoms with van der Waals surface area (Å²) in [7, 11) is 1.71. The minimum Gasteiger partial charge on any atom is -0.466 e. The first-order valence-corrected chi connectivity index (χ1v) is 6.95. The average molecular weight is 244 g/mol. The first kappa shape index (κ1) is 16.4. The van der Waals surface area contributed by atoms with Crippen LogP contribution in [0.2, 0.25) is 0 Å². The van der Waals surface area contributed by atoms with Crippen LogP contribution in [0.3, 0.4) is 0 Å². The van der Waals surface area contributed by atoms with Crippen molar-refractivity contribution >= 4 is 5.97 Å². The first-order chi connectivity index (χ1) is 8.31. The Morgan fingerprint density at radius 2 is 1.53 bits per heavy atom. The van der Waals surface area contributed by atoms with Crippen LogP contribution in [0.5, 0.6) is 0 Å². The van der Waals surface area contributed by atoms with Crippen LogP contribution < -0.4 is 0 Å². The molecule has 0 bridgehead atoms. The normalized spacial score (nSPS) is 10.5. The Kier molecular flexibility index (Phi) is 13.0. The van der Waals surface area contributed by atoms with Crippen molar-refractivity contribution in [1.82, 2.24) is 0 Å². The van der Waals surface area contributed by atoms with Crippen LogP contribution in [-0.4, -0.2) is 26.3 Å². The van der Waals surface area contributed by atoms with E-state index in [1.165, 1.54) is 19.3 Å². The molecular formula is C14H28O3. The van der Waals surface area contributed by atoms with Crippen LogP contribution in [0.25, 0.3) is 0 Å². The van der Waals surface area contributed by atoms with Crippen molar-refractivity contribution in [2.75, 3.05) is 20.3 Å². The van der Waals surface area contributed by atoms with E-state index in [9.17, 15) is 4.79 Å². The third-order valence-corrected chi connectivity index (χ3v) is 2.74. The van der Waals surface area contributed by atoms with Crippen molar-refractivity contribution in [2.24, 2.45) is 0 Å². The average Bonchev–Trinajstić information content (AvgIpc) is 2.33. The van der Waals surface area contributed by atoms with Crippen LogP contribution in [0.15, 0.2) is 0 Å². The molecule has 0 saturated heterocycles. The molecule has 0 radical (unpaired) electrons. The maximum absolute atomic E-state index is 11.3. The summed E-state index contributed by atoms with van der Waals surface area (Å²) in [5.74, 6) is -0.0340. The van der Waals surface area contributed by atoms with Crippen molar-refractivity contribution in [3.63, 3.8) is 0 Å². The van der Waals surface area contributed by atoms with Crippen LogP contribution >= 0.6 is 0 Å². The zero-order chi connectivity index (χ0) is 12.8. The topological polar surface area (TPSA) is 35.5 Å². The predicted octanol–water partition coefficient (Wildman–Crippen LogP) is 3.71. The number of hydrogen-bond donors (Lipinski definition) is 0. The van der Waals surface area contributed by atoms with Gasteiger partial charge in [-0.3, -0.25) is 4.79 Å². The minimum absolute atomic E-state index is 0.0340. The van der Waals surface area contributed by atoms with Crippen molar-refractivity contribution < 1.29 is 14.3 Å². The summed E-state index contributed by atoms with van der Waals surface area (Å²) in [6.45, 7) is 3.56. The molecule has 0 saturated carbocycles. The summed E-state index contributed by atoms with van der Waals surface area (Å²) in [4.78, 5) is 11.3. The van der Waals surface area contributed by atoms with Gasteiger partial charge in [-0.25, -0.2) is 0 Å². The van der Waals surface area contributed by atoms with Gasteiger partial charge in [-0.1, -0.05) is 32.6 Å². The van der Waals surface area contributed by atoms with Crippen LogP contribution in [0.1, 0.15) is 64.7 Å². The number of rotatable bonds is 12. The fourth-order valence-electron chi connectivity index (χ4n) is 1.66. The Bertz CT molecular complexity index is 169. The lowest BCUT2D eigenvalue weighted by Crippen LogP contribution is -2.05. The molecule has 0 aliphatic carbocycles.